The smallest absolute Gasteiger partial charge is 0.358 e. The van der Waals surface area contributed by atoms with Crippen LogP contribution in [0.1, 0.15) is 11.1 Å². The molecule has 0 saturated carbocycles. The van der Waals surface area contributed by atoms with Crippen molar-refractivity contribution in [1.29, 1.82) is 0 Å². The topological polar surface area (TPSA) is 0 Å². The van der Waals surface area contributed by atoms with Crippen LogP contribution in [-0.2, 0) is 25.8 Å². The van der Waals surface area contributed by atoms with Crippen molar-refractivity contribution < 1.29 is 25.8 Å². The summed E-state index contributed by atoms with van der Waals surface area (Å²) in [6.07, 6.45) is 0. The van der Waals surface area contributed by atoms with Crippen molar-refractivity contribution in [2.45, 2.75) is 13.8 Å². The molecule has 0 heterocycles. The fourth-order valence-corrected chi connectivity index (χ4v) is 0.600. The second kappa shape index (κ2) is 10.2. The van der Waals surface area contributed by atoms with E-state index in [0.29, 0.717) is 0 Å². The van der Waals surface area contributed by atoms with Gasteiger partial charge in [0, 0.05) is 0 Å². The van der Waals surface area contributed by atoms with Crippen molar-refractivity contribution in [1.82, 2.24) is 0 Å². The molecule has 0 saturated heterocycles. The van der Waals surface area contributed by atoms with Gasteiger partial charge in [-0.1, -0.05) is 13.8 Å². The van der Waals surface area contributed by atoms with Gasteiger partial charge in [-0.2, -0.15) is 17.2 Å². The van der Waals surface area contributed by atoms with Crippen LogP contribution in [0, 0.1) is 36.1 Å². The zero-order valence-corrected chi connectivity index (χ0v) is 11.8. The Bertz CT molecular complexity index is 137. The Morgan fingerprint density at radius 3 is 1.73 bits per heavy atom. The van der Waals surface area contributed by atoms with E-state index < -0.39 is 0 Å². The Morgan fingerprint density at radius 2 is 1.64 bits per heavy atom. The van der Waals surface area contributed by atoms with Crippen LogP contribution in [0.4, 0.5) is 0 Å². The van der Waals surface area contributed by atoms with Crippen molar-refractivity contribution in [3.05, 3.63) is 51.6 Å². The molecule has 62 valence electrons. The summed E-state index contributed by atoms with van der Waals surface area (Å²) >= 11 is 0. The first-order valence-corrected chi connectivity index (χ1v) is 2.49. The zero-order valence-electron chi connectivity index (χ0n) is 8.23. The Hall–Kier alpha value is 0.220. The standard InChI is InChI=1S/C7H9.3CH3.Hf/c1-6-4-3-5-7(6)2;;;;/h3-5H,1-2H3;3*1H3;/q4*-1;+4. The third kappa shape index (κ3) is 6.61. The van der Waals surface area contributed by atoms with E-state index in [2.05, 4.69) is 32.0 Å². The fraction of sp³-hybridized carbons (Fsp3) is 0.200. The Morgan fingerprint density at radius 1 is 1.18 bits per heavy atom. The molecule has 11 heavy (non-hydrogen) atoms. The Kier molecular flexibility index (Phi) is 20.9. The molecule has 0 nitrogen and oxygen atoms in total. The van der Waals surface area contributed by atoms with Gasteiger partial charge in [0.15, 0.2) is 0 Å². The minimum absolute atomic E-state index is 0. The van der Waals surface area contributed by atoms with Crippen LogP contribution in [0.5, 0.6) is 0 Å². The molecule has 0 N–H and O–H groups in total. The maximum absolute atomic E-state index is 2.12. The minimum atomic E-state index is 0. The van der Waals surface area contributed by atoms with Gasteiger partial charge >= 0.3 is 25.8 Å². The van der Waals surface area contributed by atoms with E-state index in [9.17, 15) is 0 Å². The molecule has 1 aromatic carbocycles. The van der Waals surface area contributed by atoms with E-state index >= 15 is 0 Å². The van der Waals surface area contributed by atoms with Gasteiger partial charge in [-0.3, -0.25) is 0 Å². The molecule has 1 rings (SSSR count). The molecule has 0 unspecified atom stereocenters. The molecule has 1 aromatic rings. The van der Waals surface area contributed by atoms with Gasteiger partial charge < -0.3 is 22.3 Å². The molecule has 0 fully saturated rings. The average molecular weight is 317 g/mol. The molecular formula is C10H18Hf. The van der Waals surface area contributed by atoms with Gasteiger partial charge in [0.2, 0.25) is 0 Å². The molecule has 0 spiro atoms. The quantitative estimate of drug-likeness (QED) is 0.508. The minimum Gasteiger partial charge on any atom is -0.358 e. The van der Waals surface area contributed by atoms with Crippen molar-refractivity contribution in [2.75, 3.05) is 0 Å². The number of hydrogen-bond acceptors (Lipinski definition) is 0. The Balaban J connectivity index is -0.0000000612. The second-order valence-electron chi connectivity index (χ2n) is 1.89. The third-order valence-corrected chi connectivity index (χ3v) is 1.31. The van der Waals surface area contributed by atoms with Crippen LogP contribution in [-0.4, -0.2) is 0 Å². The first-order chi connectivity index (χ1) is 3.30. The summed E-state index contributed by atoms with van der Waals surface area (Å²) in [6, 6.07) is 6.31. The molecule has 0 aliphatic rings. The summed E-state index contributed by atoms with van der Waals surface area (Å²) in [7, 11) is 0. The van der Waals surface area contributed by atoms with Crippen molar-refractivity contribution in [3.8, 4) is 0 Å². The predicted octanol–water partition coefficient (Wildman–Crippen LogP) is 3.37. The number of hydrogen-bond donors (Lipinski definition) is 0. The molecule has 0 bridgehead atoms. The molecule has 0 aliphatic carbocycles. The summed E-state index contributed by atoms with van der Waals surface area (Å²) in [6.45, 7) is 4.24. The van der Waals surface area contributed by atoms with Gasteiger partial charge in [0.1, 0.15) is 0 Å². The molecule has 0 aliphatic heterocycles. The van der Waals surface area contributed by atoms with Crippen LogP contribution in [0.25, 0.3) is 0 Å². The fourth-order valence-electron chi connectivity index (χ4n) is 0.600. The maximum atomic E-state index is 2.12. The zero-order chi connectivity index (χ0) is 5.28. The second-order valence-corrected chi connectivity index (χ2v) is 1.89. The van der Waals surface area contributed by atoms with Crippen LogP contribution in [0.15, 0.2) is 18.2 Å². The molecule has 0 aromatic heterocycles. The third-order valence-electron chi connectivity index (χ3n) is 1.31. The van der Waals surface area contributed by atoms with Crippen LogP contribution in [0.2, 0.25) is 0 Å². The first-order valence-electron chi connectivity index (χ1n) is 2.49. The van der Waals surface area contributed by atoms with E-state index in [0.717, 1.165) is 0 Å². The van der Waals surface area contributed by atoms with Crippen LogP contribution < -0.4 is 0 Å². The summed E-state index contributed by atoms with van der Waals surface area (Å²) in [5.41, 5.74) is 2.78. The van der Waals surface area contributed by atoms with Crippen LogP contribution >= 0.6 is 0 Å². The van der Waals surface area contributed by atoms with Crippen LogP contribution in [0.3, 0.4) is 0 Å². The van der Waals surface area contributed by atoms with E-state index in [1.807, 2.05) is 0 Å². The average Bonchev–Trinajstić information content (AvgIpc) is 1.91. The van der Waals surface area contributed by atoms with E-state index in [1.54, 1.807) is 0 Å². The van der Waals surface area contributed by atoms with Gasteiger partial charge in [-0.15, -0.1) is 0 Å². The van der Waals surface area contributed by atoms with Gasteiger partial charge in [0.25, 0.3) is 0 Å². The van der Waals surface area contributed by atoms with Crippen molar-refractivity contribution in [3.63, 3.8) is 0 Å². The summed E-state index contributed by atoms with van der Waals surface area (Å²) in [4.78, 5) is 0. The predicted molar refractivity (Wildman–Crippen MR) is 50.8 cm³/mol. The monoisotopic (exact) mass is 318 g/mol. The summed E-state index contributed by atoms with van der Waals surface area (Å²) in [5.74, 6) is 0. The summed E-state index contributed by atoms with van der Waals surface area (Å²) < 4.78 is 0. The number of rotatable bonds is 0. The van der Waals surface area contributed by atoms with Gasteiger partial charge in [0.05, 0.1) is 0 Å². The summed E-state index contributed by atoms with van der Waals surface area (Å²) in [5, 5.41) is 0. The SMILES string of the molecule is Cc1ccc[c-]1C.[CH3-].[CH3-].[CH3-].[Hf+4]. The molecule has 0 atom stereocenters. The van der Waals surface area contributed by atoms with E-state index in [1.165, 1.54) is 11.1 Å². The largest absolute Gasteiger partial charge is 4.00 e. The first kappa shape index (κ1) is 22.5. The molecule has 0 amide bonds. The Labute approximate surface area is 91.2 Å². The van der Waals surface area contributed by atoms with E-state index in [4.69, 9.17) is 0 Å². The maximum Gasteiger partial charge on any atom is 4.00 e. The normalized spacial score (nSPS) is 6.00. The van der Waals surface area contributed by atoms with Crippen molar-refractivity contribution >= 4 is 0 Å². The van der Waals surface area contributed by atoms with Gasteiger partial charge in [-0.05, 0) is 0 Å². The molecular weight excluding hydrogens is 299 g/mol. The van der Waals surface area contributed by atoms with E-state index in [-0.39, 0.29) is 48.1 Å². The molecule has 0 radical (unpaired) electrons. The molecule has 1 heteroatoms. The van der Waals surface area contributed by atoms with Gasteiger partial charge in [-0.25, -0.2) is 12.1 Å². The van der Waals surface area contributed by atoms with Crippen molar-refractivity contribution in [2.24, 2.45) is 0 Å². The number of aryl methyl sites for hydroxylation is 2.